The van der Waals surface area contributed by atoms with Crippen molar-refractivity contribution in [2.45, 2.75) is 51.0 Å². The molecule has 2 aromatic rings. The Labute approximate surface area is 148 Å². The van der Waals surface area contributed by atoms with Gasteiger partial charge in [-0.1, -0.05) is 17.7 Å². The van der Waals surface area contributed by atoms with Crippen molar-refractivity contribution in [1.82, 2.24) is 9.29 Å². The topological polar surface area (TPSA) is 51.1 Å². The van der Waals surface area contributed by atoms with Crippen molar-refractivity contribution in [2.24, 2.45) is 0 Å². The summed E-state index contributed by atoms with van der Waals surface area (Å²) in [6.07, 6.45) is 3.18. The summed E-state index contributed by atoms with van der Waals surface area (Å²) < 4.78 is 29.8. The van der Waals surface area contributed by atoms with E-state index in [0.717, 1.165) is 5.56 Å². The molecule has 0 radical (unpaired) electrons. The molecule has 1 saturated carbocycles. The van der Waals surface area contributed by atoms with E-state index in [4.69, 9.17) is 11.6 Å². The second kappa shape index (κ2) is 6.54. The van der Waals surface area contributed by atoms with Gasteiger partial charge in [-0.25, -0.2) is 13.1 Å². The van der Waals surface area contributed by atoms with Gasteiger partial charge in [0.2, 0.25) is 10.0 Å². The van der Waals surface area contributed by atoms with Crippen LogP contribution in [-0.4, -0.2) is 19.5 Å². The monoisotopic (exact) mass is 366 g/mol. The highest BCUT2D eigenvalue weighted by atomic mass is 35.5. The molecule has 1 aliphatic rings. The van der Waals surface area contributed by atoms with Crippen LogP contribution in [0.3, 0.4) is 0 Å². The first-order valence-electron chi connectivity index (χ1n) is 8.22. The fourth-order valence-corrected chi connectivity index (χ4v) is 4.44. The summed E-state index contributed by atoms with van der Waals surface area (Å²) in [6.45, 7) is 6.47. The van der Waals surface area contributed by atoms with E-state index in [1.807, 2.05) is 6.92 Å². The summed E-state index contributed by atoms with van der Waals surface area (Å²) in [7, 11) is -3.53. The number of benzene rings is 1. The van der Waals surface area contributed by atoms with E-state index in [2.05, 4.69) is 29.2 Å². The van der Waals surface area contributed by atoms with Crippen molar-refractivity contribution in [3.05, 3.63) is 51.8 Å². The van der Waals surface area contributed by atoms with Crippen molar-refractivity contribution < 1.29 is 8.42 Å². The standard InChI is InChI=1S/C18H23ClN2O2S/c1-12-4-7-17(11-18(12)19)24(22,23)20-9-8-15-10-13(2)21(14(15)3)16-5-6-16/h4,7,10-11,16,20H,5-6,8-9H2,1-3H3. The quantitative estimate of drug-likeness (QED) is 0.842. The summed E-state index contributed by atoms with van der Waals surface area (Å²) in [5, 5.41) is 0.464. The van der Waals surface area contributed by atoms with E-state index in [0.29, 0.717) is 24.0 Å². The smallest absolute Gasteiger partial charge is 0.240 e. The molecule has 1 aliphatic carbocycles. The summed E-state index contributed by atoms with van der Waals surface area (Å²) in [6, 6.07) is 7.62. The first-order chi connectivity index (χ1) is 11.3. The molecule has 0 spiro atoms. The van der Waals surface area contributed by atoms with Crippen molar-refractivity contribution in [3.8, 4) is 0 Å². The van der Waals surface area contributed by atoms with Crippen LogP contribution in [0.25, 0.3) is 0 Å². The van der Waals surface area contributed by atoms with Crippen LogP contribution >= 0.6 is 11.6 Å². The molecule has 3 rings (SSSR count). The molecule has 0 aliphatic heterocycles. The Morgan fingerprint density at radius 1 is 1.21 bits per heavy atom. The second-order valence-corrected chi connectivity index (χ2v) is 8.73. The third-order valence-electron chi connectivity index (χ3n) is 4.64. The molecule has 1 heterocycles. The number of sulfonamides is 1. The lowest BCUT2D eigenvalue weighted by molar-refractivity contribution is 0.581. The van der Waals surface area contributed by atoms with Gasteiger partial charge in [-0.05, 0) is 69.4 Å². The number of rotatable bonds is 6. The van der Waals surface area contributed by atoms with Crippen LogP contribution in [0.4, 0.5) is 0 Å². The zero-order valence-electron chi connectivity index (χ0n) is 14.3. The van der Waals surface area contributed by atoms with Gasteiger partial charge in [-0.2, -0.15) is 0 Å². The maximum atomic E-state index is 12.4. The van der Waals surface area contributed by atoms with E-state index in [1.165, 1.54) is 35.9 Å². The number of halogens is 1. The summed E-state index contributed by atoms with van der Waals surface area (Å²) in [5.74, 6) is 0. The summed E-state index contributed by atoms with van der Waals surface area (Å²) in [4.78, 5) is 0.210. The normalized spacial score (nSPS) is 15.0. The average Bonchev–Trinajstić information content (AvgIpc) is 3.29. The lowest BCUT2D eigenvalue weighted by Gasteiger charge is -2.09. The van der Waals surface area contributed by atoms with E-state index < -0.39 is 10.0 Å². The summed E-state index contributed by atoms with van der Waals surface area (Å²) in [5.41, 5.74) is 4.60. The number of hydrogen-bond donors (Lipinski definition) is 1. The largest absolute Gasteiger partial charge is 0.346 e. The molecule has 0 amide bonds. The molecule has 4 nitrogen and oxygen atoms in total. The van der Waals surface area contributed by atoms with E-state index in [9.17, 15) is 8.42 Å². The molecule has 1 aromatic heterocycles. The SMILES string of the molecule is Cc1ccc(S(=O)(=O)NCCc2cc(C)n(C3CC3)c2C)cc1Cl. The zero-order valence-corrected chi connectivity index (χ0v) is 15.8. The number of hydrogen-bond acceptors (Lipinski definition) is 2. The van der Waals surface area contributed by atoms with Gasteiger partial charge in [-0.3, -0.25) is 0 Å². The Morgan fingerprint density at radius 2 is 1.92 bits per heavy atom. The predicted molar refractivity (Wildman–Crippen MR) is 97.3 cm³/mol. The highest BCUT2D eigenvalue weighted by Crippen LogP contribution is 2.38. The third kappa shape index (κ3) is 3.53. The van der Waals surface area contributed by atoms with Gasteiger partial charge in [0, 0.05) is 29.0 Å². The first-order valence-corrected chi connectivity index (χ1v) is 10.1. The molecule has 1 fully saturated rings. The van der Waals surface area contributed by atoms with Gasteiger partial charge in [0.25, 0.3) is 0 Å². The molecular formula is C18H23ClN2O2S. The number of aromatic nitrogens is 1. The Bertz CT molecular complexity index is 867. The number of nitrogens with zero attached hydrogens (tertiary/aromatic N) is 1. The van der Waals surface area contributed by atoms with Crippen molar-refractivity contribution in [3.63, 3.8) is 0 Å². The predicted octanol–water partition coefficient (Wildman–Crippen LogP) is 3.92. The molecule has 6 heteroatoms. The lowest BCUT2D eigenvalue weighted by atomic mass is 10.2. The average molecular weight is 367 g/mol. The Morgan fingerprint density at radius 3 is 2.54 bits per heavy atom. The zero-order chi connectivity index (χ0) is 17.5. The summed E-state index contributed by atoms with van der Waals surface area (Å²) >= 11 is 6.03. The van der Waals surface area contributed by atoms with Crippen LogP contribution in [0.1, 0.15) is 41.4 Å². The minimum atomic E-state index is -3.53. The molecule has 1 aromatic carbocycles. The van der Waals surface area contributed by atoms with Crippen molar-refractivity contribution in [1.29, 1.82) is 0 Å². The Balaban J connectivity index is 1.67. The van der Waals surface area contributed by atoms with Gasteiger partial charge < -0.3 is 4.57 Å². The van der Waals surface area contributed by atoms with Gasteiger partial charge >= 0.3 is 0 Å². The van der Waals surface area contributed by atoms with Gasteiger partial charge in [0.05, 0.1) is 4.90 Å². The van der Waals surface area contributed by atoms with Crippen LogP contribution in [0, 0.1) is 20.8 Å². The maximum Gasteiger partial charge on any atom is 0.240 e. The van der Waals surface area contributed by atoms with Crippen LogP contribution in [0.2, 0.25) is 5.02 Å². The number of nitrogens with one attached hydrogen (secondary N) is 1. The van der Waals surface area contributed by atoms with Crippen molar-refractivity contribution >= 4 is 21.6 Å². The van der Waals surface area contributed by atoms with Crippen LogP contribution in [0.5, 0.6) is 0 Å². The molecule has 24 heavy (non-hydrogen) atoms. The highest BCUT2D eigenvalue weighted by molar-refractivity contribution is 7.89. The fraction of sp³-hybridized carbons (Fsp3) is 0.444. The minimum Gasteiger partial charge on any atom is -0.346 e. The van der Waals surface area contributed by atoms with Gasteiger partial charge in [-0.15, -0.1) is 0 Å². The van der Waals surface area contributed by atoms with E-state index >= 15 is 0 Å². The molecule has 0 bridgehead atoms. The molecule has 1 N–H and O–H groups in total. The molecule has 0 saturated heterocycles. The number of aryl methyl sites for hydroxylation is 2. The van der Waals surface area contributed by atoms with Crippen LogP contribution in [0.15, 0.2) is 29.2 Å². The lowest BCUT2D eigenvalue weighted by Crippen LogP contribution is -2.26. The van der Waals surface area contributed by atoms with Gasteiger partial charge in [0.1, 0.15) is 0 Å². The molecular weight excluding hydrogens is 344 g/mol. The third-order valence-corrected chi connectivity index (χ3v) is 6.51. The van der Waals surface area contributed by atoms with E-state index in [-0.39, 0.29) is 4.90 Å². The Hall–Kier alpha value is -1.30. The first kappa shape index (κ1) is 17.5. The van der Waals surface area contributed by atoms with E-state index in [1.54, 1.807) is 12.1 Å². The maximum absolute atomic E-state index is 12.4. The minimum absolute atomic E-state index is 0.210. The van der Waals surface area contributed by atoms with Crippen molar-refractivity contribution in [2.75, 3.05) is 6.54 Å². The Kier molecular flexibility index (Phi) is 4.78. The highest BCUT2D eigenvalue weighted by Gasteiger charge is 2.26. The van der Waals surface area contributed by atoms with Crippen LogP contribution in [-0.2, 0) is 16.4 Å². The van der Waals surface area contributed by atoms with Gasteiger partial charge in [0.15, 0.2) is 0 Å². The van der Waals surface area contributed by atoms with Crippen LogP contribution < -0.4 is 4.72 Å². The fourth-order valence-electron chi connectivity index (χ4n) is 3.14. The molecule has 0 unspecified atom stereocenters. The second-order valence-electron chi connectivity index (χ2n) is 6.56. The molecule has 0 atom stereocenters. The molecule has 130 valence electrons.